The smallest absolute Gasteiger partial charge is 0.411 e. The van der Waals surface area contributed by atoms with Crippen LogP contribution >= 0.6 is 0 Å². The maximum Gasteiger partial charge on any atom is 0.411 e. The normalized spacial score (nSPS) is 26.0. The summed E-state index contributed by atoms with van der Waals surface area (Å²) in [5, 5.41) is 0. The van der Waals surface area contributed by atoms with E-state index in [-0.39, 0.29) is 25.1 Å². The van der Waals surface area contributed by atoms with Gasteiger partial charge in [0.15, 0.2) is 0 Å². The Bertz CT molecular complexity index is 768. The van der Waals surface area contributed by atoms with Crippen molar-refractivity contribution < 1.29 is 21.8 Å². The van der Waals surface area contributed by atoms with Crippen molar-refractivity contribution in [2.75, 3.05) is 0 Å². The number of carbonyl (C=O) groups excluding carboxylic acids is 2. The van der Waals surface area contributed by atoms with E-state index in [1.54, 1.807) is 20.8 Å². The Hall–Kier alpha value is -2.30. The van der Waals surface area contributed by atoms with Gasteiger partial charge in [-0.3, -0.25) is 4.90 Å². The number of rotatable bonds is 3. The van der Waals surface area contributed by atoms with E-state index >= 15 is 0 Å². The summed E-state index contributed by atoms with van der Waals surface area (Å²) < 4.78 is 26.6. The second-order valence-corrected chi connectivity index (χ2v) is 7.99. The maximum absolute atomic E-state index is 13.0. The van der Waals surface area contributed by atoms with Gasteiger partial charge in [0.1, 0.15) is 18.2 Å². The van der Waals surface area contributed by atoms with Gasteiger partial charge in [-0.25, -0.2) is 9.59 Å². The van der Waals surface area contributed by atoms with E-state index < -0.39 is 23.7 Å². The molecule has 3 fully saturated rings. The van der Waals surface area contributed by atoms with Crippen molar-refractivity contribution in [3.05, 3.63) is 48.0 Å². The molecule has 3 aliphatic rings. The summed E-state index contributed by atoms with van der Waals surface area (Å²) >= 11 is 0. The standard InChI is InChI=1S/C21H27NO4/c1-14-12-16-10-11-17(14)18(22(16)20(24)26-21(2,3)4)19(23)25-13-15-8-6-5-7-9-15/h5-9,16-18H,1,10-13H2,2-4H3/t16-,17+,18+/m0/s1/i1D2. The molecular weight excluding hydrogens is 330 g/mol. The Morgan fingerprint density at radius 1 is 1.27 bits per heavy atom. The molecule has 0 spiro atoms. The van der Waals surface area contributed by atoms with Gasteiger partial charge in [-0.15, -0.1) is 0 Å². The van der Waals surface area contributed by atoms with E-state index in [1.165, 1.54) is 4.90 Å². The molecule has 1 amide bonds. The highest BCUT2D eigenvalue weighted by Crippen LogP contribution is 2.43. The van der Waals surface area contributed by atoms with Gasteiger partial charge in [-0.05, 0) is 45.6 Å². The van der Waals surface area contributed by atoms with E-state index in [1.807, 2.05) is 30.3 Å². The number of hydrogen-bond donors (Lipinski definition) is 0. The number of nitrogens with zero attached hydrogens (tertiary/aromatic N) is 1. The minimum absolute atomic E-state index is 0.114. The number of amides is 1. The highest BCUT2D eigenvalue weighted by atomic mass is 16.6. The van der Waals surface area contributed by atoms with E-state index in [4.69, 9.17) is 12.2 Å². The fourth-order valence-corrected chi connectivity index (χ4v) is 3.73. The average molecular weight is 359 g/mol. The summed E-state index contributed by atoms with van der Waals surface area (Å²) in [5.41, 5.74) is 0.803. The second kappa shape index (κ2) is 7.14. The molecule has 2 bridgehead atoms. The van der Waals surface area contributed by atoms with Gasteiger partial charge in [-0.2, -0.15) is 0 Å². The van der Waals surface area contributed by atoms with Crippen LogP contribution in [0.4, 0.5) is 4.79 Å². The van der Waals surface area contributed by atoms with E-state index in [9.17, 15) is 9.59 Å². The molecule has 0 N–H and O–H groups in total. The Balaban J connectivity index is 1.84. The average Bonchev–Trinajstić information content (AvgIpc) is 2.65. The van der Waals surface area contributed by atoms with Crippen molar-refractivity contribution >= 4 is 12.1 Å². The SMILES string of the molecule is [2H]C([2H])=C1C[C@@H]2CC[C@H]1[C@H](C(=O)OCc1ccccc1)N2C(=O)OC(C)(C)C. The molecule has 1 saturated carbocycles. The number of carbonyl (C=O) groups is 2. The Kier molecular flexibility index (Phi) is 4.37. The fraction of sp³-hybridized carbons (Fsp3) is 0.524. The number of ether oxygens (including phenoxy) is 2. The molecule has 2 aliphatic heterocycles. The molecule has 2 heterocycles. The summed E-state index contributed by atoms with van der Waals surface area (Å²) in [4.78, 5) is 27.3. The van der Waals surface area contributed by atoms with Crippen molar-refractivity contribution in [3.63, 3.8) is 0 Å². The molecule has 1 aromatic rings. The lowest BCUT2D eigenvalue weighted by molar-refractivity contribution is -0.157. The zero-order chi connectivity index (χ0) is 20.5. The Morgan fingerprint density at radius 2 is 2.00 bits per heavy atom. The van der Waals surface area contributed by atoms with E-state index in [0.29, 0.717) is 18.4 Å². The molecule has 2 saturated heterocycles. The number of esters is 1. The van der Waals surface area contributed by atoms with Crippen LogP contribution in [-0.2, 0) is 20.9 Å². The predicted molar refractivity (Wildman–Crippen MR) is 98.4 cm³/mol. The molecule has 0 aromatic heterocycles. The van der Waals surface area contributed by atoms with Crippen molar-refractivity contribution in [3.8, 4) is 0 Å². The first kappa shape index (κ1) is 15.9. The summed E-state index contributed by atoms with van der Waals surface area (Å²) in [6.45, 7) is 5.20. The van der Waals surface area contributed by atoms with Gasteiger partial charge in [0.05, 0.1) is 2.74 Å². The molecule has 0 radical (unpaired) electrons. The zero-order valence-electron chi connectivity index (χ0n) is 17.5. The largest absolute Gasteiger partial charge is 0.459 e. The van der Waals surface area contributed by atoms with Gasteiger partial charge in [0.25, 0.3) is 0 Å². The first-order chi connectivity index (χ1) is 13.2. The van der Waals surface area contributed by atoms with Gasteiger partial charge in [0.2, 0.25) is 0 Å². The molecule has 4 rings (SSSR count). The lowest BCUT2D eigenvalue weighted by Gasteiger charge is -2.50. The summed E-state index contributed by atoms with van der Waals surface area (Å²) in [6.07, 6.45) is 1.28. The highest BCUT2D eigenvalue weighted by Gasteiger charge is 2.51. The summed E-state index contributed by atoms with van der Waals surface area (Å²) in [5.74, 6) is -0.881. The second-order valence-electron chi connectivity index (χ2n) is 7.99. The summed E-state index contributed by atoms with van der Waals surface area (Å²) in [7, 11) is 0. The van der Waals surface area contributed by atoms with Crippen molar-refractivity contribution in [2.24, 2.45) is 5.92 Å². The molecular formula is C21H27NO4. The van der Waals surface area contributed by atoms with Gasteiger partial charge in [0, 0.05) is 12.0 Å². The van der Waals surface area contributed by atoms with Crippen LogP contribution in [0.15, 0.2) is 42.4 Å². The van der Waals surface area contributed by atoms with Crippen LogP contribution in [0.1, 0.15) is 48.3 Å². The van der Waals surface area contributed by atoms with Crippen LogP contribution in [0.3, 0.4) is 0 Å². The van der Waals surface area contributed by atoms with E-state index in [2.05, 4.69) is 0 Å². The molecule has 140 valence electrons. The van der Waals surface area contributed by atoms with Gasteiger partial charge < -0.3 is 9.47 Å². The molecule has 5 heteroatoms. The highest BCUT2D eigenvalue weighted by molar-refractivity contribution is 5.83. The zero-order valence-corrected chi connectivity index (χ0v) is 15.5. The topological polar surface area (TPSA) is 55.8 Å². The minimum atomic E-state index is -0.855. The maximum atomic E-state index is 13.0. The van der Waals surface area contributed by atoms with Crippen LogP contribution < -0.4 is 0 Å². The van der Waals surface area contributed by atoms with Gasteiger partial charge in [-0.1, -0.05) is 42.4 Å². The molecule has 5 nitrogen and oxygen atoms in total. The molecule has 1 aliphatic carbocycles. The third-order valence-corrected chi connectivity index (χ3v) is 4.86. The minimum Gasteiger partial charge on any atom is -0.459 e. The third-order valence-electron chi connectivity index (χ3n) is 4.86. The van der Waals surface area contributed by atoms with Crippen LogP contribution in [0, 0.1) is 5.92 Å². The summed E-state index contributed by atoms with van der Waals surface area (Å²) in [6, 6.07) is 8.24. The molecule has 3 atom stereocenters. The number of hydrogen-bond acceptors (Lipinski definition) is 4. The van der Waals surface area contributed by atoms with Crippen molar-refractivity contribution in [2.45, 2.75) is 64.3 Å². The van der Waals surface area contributed by atoms with Crippen molar-refractivity contribution in [1.82, 2.24) is 4.90 Å². The predicted octanol–water partition coefficient (Wildman–Crippen LogP) is 4.07. The van der Waals surface area contributed by atoms with Gasteiger partial charge >= 0.3 is 12.1 Å². The quantitative estimate of drug-likeness (QED) is 0.603. The number of piperidine rings is 2. The van der Waals surface area contributed by atoms with E-state index in [0.717, 1.165) is 12.0 Å². The fourth-order valence-electron chi connectivity index (χ4n) is 3.73. The molecule has 1 aromatic carbocycles. The van der Waals surface area contributed by atoms with Crippen LogP contribution in [0.2, 0.25) is 0 Å². The van der Waals surface area contributed by atoms with Crippen molar-refractivity contribution in [1.29, 1.82) is 0 Å². The van der Waals surface area contributed by atoms with Crippen LogP contribution in [0.5, 0.6) is 0 Å². The van der Waals surface area contributed by atoms with Crippen LogP contribution in [-0.4, -0.2) is 34.6 Å². The first-order valence-corrected chi connectivity index (χ1v) is 9.05. The lowest BCUT2D eigenvalue weighted by Crippen LogP contribution is -2.62. The molecule has 26 heavy (non-hydrogen) atoms. The Morgan fingerprint density at radius 3 is 2.65 bits per heavy atom. The lowest BCUT2D eigenvalue weighted by atomic mass is 9.72. The third kappa shape index (κ3) is 3.92. The van der Waals surface area contributed by atoms with Crippen LogP contribution in [0.25, 0.3) is 0 Å². The first-order valence-electron chi connectivity index (χ1n) is 10.1. The monoisotopic (exact) mass is 359 g/mol. The molecule has 0 unspecified atom stereocenters. The Labute approximate surface area is 157 Å². The number of fused-ring (bicyclic) bond motifs is 3. The number of benzene rings is 1.